The summed E-state index contributed by atoms with van der Waals surface area (Å²) in [5, 5.41) is 7.78. The molecule has 1 N–H and O–H groups in total. The van der Waals surface area contributed by atoms with E-state index in [-0.39, 0.29) is 47.2 Å². The second-order valence-corrected chi connectivity index (χ2v) is 7.97. The van der Waals surface area contributed by atoms with E-state index in [0.717, 1.165) is 0 Å². The van der Waals surface area contributed by atoms with Gasteiger partial charge in [0.25, 0.3) is 11.5 Å². The molecule has 0 saturated heterocycles. The van der Waals surface area contributed by atoms with E-state index in [9.17, 15) is 19.2 Å². The Bertz CT molecular complexity index is 1260. The number of fused-ring (bicyclic) bond motifs is 1. The van der Waals surface area contributed by atoms with Crippen molar-refractivity contribution in [3.63, 3.8) is 0 Å². The molecule has 0 aliphatic rings. The van der Waals surface area contributed by atoms with Crippen molar-refractivity contribution in [3.8, 4) is 0 Å². The van der Waals surface area contributed by atoms with E-state index < -0.39 is 17.8 Å². The lowest BCUT2D eigenvalue weighted by molar-refractivity contribution is 0.0525. The van der Waals surface area contributed by atoms with Crippen molar-refractivity contribution in [3.05, 3.63) is 69.6 Å². The highest BCUT2D eigenvalue weighted by Crippen LogP contribution is 2.20. The maximum absolute atomic E-state index is 13.3. The smallest absolute Gasteiger partial charge is 0.338 e. The quantitative estimate of drug-likeness (QED) is 0.505. The first-order chi connectivity index (χ1) is 16.2. The molecule has 0 fully saturated rings. The van der Waals surface area contributed by atoms with Crippen molar-refractivity contribution in [1.82, 2.24) is 9.78 Å². The fourth-order valence-electron chi connectivity index (χ4n) is 3.43. The molecule has 0 bridgehead atoms. The molecule has 9 nitrogen and oxygen atoms in total. The van der Waals surface area contributed by atoms with Crippen LogP contribution in [0.1, 0.15) is 58.9 Å². The summed E-state index contributed by atoms with van der Waals surface area (Å²) in [6.45, 7) is 7.86. The molecule has 0 aliphatic heterocycles. The van der Waals surface area contributed by atoms with E-state index in [1.165, 1.54) is 22.9 Å². The maximum atomic E-state index is 13.3. The fourth-order valence-corrected chi connectivity index (χ4v) is 3.43. The molecule has 178 valence electrons. The standard InChI is InChI=1S/C25H27N3O6/c1-5-33-24(31)16-11-17(25(32)34-6-2)13-18(12-16)26-22(29)21-19-9-7-8-10-20(19)23(30)28(27-21)14-15(3)4/h7-13,15H,5-6,14H2,1-4H3,(H,26,29). The summed E-state index contributed by atoms with van der Waals surface area (Å²) in [4.78, 5) is 50.7. The molecule has 3 aromatic rings. The minimum absolute atomic E-state index is 0.0510. The highest BCUT2D eigenvalue weighted by Gasteiger charge is 2.20. The van der Waals surface area contributed by atoms with E-state index in [1.807, 2.05) is 13.8 Å². The largest absolute Gasteiger partial charge is 0.462 e. The van der Waals surface area contributed by atoms with Gasteiger partial charge in [0.15, 0.2) is 5.69 Å². The zero-order valence-corrected chi connectivity index (χ0v) is 19.6. The van der Waals surface area contributed by atoms with Gasteiger partial charge in [0.2, 0.25) is 0 Å². The van der Waals surface area contributed by atoms with Crippen LogP contribution in [0.15, 0.2) is 47.3 Å². The molecule has 0 atom stereocenters. The second kappa shape index (κ2) is 10.7. The molecule has 1 aromatic heterocycles. The summed E-state index contributed by atoms with van der Waals surface area (Å²) in [5.74, 6) is -1.74. The lowest BCUT2D eigenvalue weighted by atomic mass is 10.1. The fraction of sp³-hybridized carbons (Fsp3) is 0.320. The predicted octanol–water partition coefficient (Wildman–Crippen LogP) is 3.66. The van der Waals surface area contributed by atoms with Crippen LogP contribution < -0.4 is 10.9 Å². The number of nitrogens with one attached hydrogen (secondary N) is 1. The second-order valence-electron chi connectivity index (χ2n) is 7.97. The Labute approximate surface area is 196 Å². The summed E-state index contributed by atoms with van der Waals surface area (Å²) in [5.41, 5.74) is 0.131. The number of ether oxygens (including phenoxy) is 2. The first-order valence-electron chi connectivity index (χ1n) is 11.1. The lowest BCUT2D eigenvalue weighted by Crippen LogP contribution is -2.29. The van der Waals surface area contributed by atoms with Gasteiger partial charge in [-0.1, -0.05) is 32.0 Å². The number of carbonyl (C=O) groups excluding carboxylic acids is 3. The lowest BCUT2D eigenvalue weighted by Gasteiger charge is -2.14. The average molecular weight is 466 g/mol. The number of carbonyl (C=O) groups is 3. The topological polar surface area (TPSA) is 117 Å². The van der Waals surface area contributed by atoms with E-state index in [0.29, 0.717) is 17.3 Å². The number of aromatic nitrogens is 2. The third-order valence-corrected chi connectivity index (χ3v) is 4.83. The number of benzene rings is 2. The van der Waals surface area contributed by atoms with Crippen LogP contribution in [0.2, 0.25) is 0 Å². The number of nitrogens with zero attached hydrogens (tertiary/aromatic N) is 2. The monoisotopic (exact) mass is 465 g/mol. The number of hydrogen-bond acceptors (Lipinski definition) is 7. The third kappa shape index (κ3) is 5.48. The Morgan fingerprint density at radius 1 is 0.941 bits per heavy atom. The van der Waals surface area contributed by atoms with Crippen molar-refractivity contribution < 1.29 is 23.9 Å². The summed E-state index contributed by atoms with van der Waals surface area (Å²) in [6.07, 6.45) is 0. The zero-order valence-electron chi connectivity index (χ0n) is 19.6. The SMILES string of the molecule is CCOC(=O)c1cc(NC(=O)c2nn(CC(C)C)c(=O)c3ccccc23)cc(C(=O)OCC)c1. The van der Waals surface area contributed by atoms with Gasteiger partial charge < -0.3 is 14.8 Å². The molecule has 34 heavy (non-hydrogen) atoms. The molecule has 2 aromatic carbocycles. The number of hydrogen-bond donors (Lipinski definition) is 1. The van der Waals surface area contributed by atoms with Gasteiger partial charge >= 0.3 is 11.9 Å². The Morgan fingerprint density at radius 2 is 1.50 bits per heavy atom. The highest BCUT2D eigenvalue weighted by molar-refractivity contribution is 6.11. The molecule has 0 saturated carbocycles. The molecule has 0 spiro atoms. The van der Waals surface area contributed by atoms with Crippen molar-refractivity contribution in [2.75, 3.05) is 18.5 Å². The third-order valence-electron chi connectivity index (χ3n) is 4.83. The number of amides is 1. The Kier molecular flexibility index (Phi) is 7.78. The van der Waals surface area contributed by atoms with Crippen LogP contribution >= 0.6 is 0 Å². The van der Waals surface area contributed by atoms with Gasteiger partial charge in [0.1, 0.15) is 0 Å². The first kappa shape index (κ1) is 24.6. The molecule has 1 heterocycles. The van der Waals surface area contributed by atoms with E-state index >= 15 is 0 Å². The van der Waals surface area contributed by atoms with Gasteiger partial charge in [-0.2, -0.15) is 5.10 Å². The number of anilines is 1. The van der Waals surface area contributed by atoms with Gasteiger partial charge in [-0.3, -0.25) is 9.59 Å². The first-order valence-corrected chi connectivity index (χ1v) is 11.1. The predicted molar refractivity (Wildman–Crippen MR) is 127 cm³/mol. The maximum Gasteiger partial charge on any atom is 0.338 e. The van der Waals surface area contributed by atoms with Crippen LogP contribution in [-0.2, 0) is 16.0 Å². The normalized spacial score (nSPS) is 10.9. The van der Waals surface area contributed by atoms with Crippen LogP contribution in [0.5, 0.6) is 0 Å². The van der Waals surface area contributed by atoms with Gasteiger partial charge in [0.05, 0.1) is 29.7 Å². The molecule has 0 radical (unpaired) electrons. The Morgan fingerprint density at radius 3 is 2.03 bits per heavy atom. The number of rotatable bonds is 8. The molecule has 9 heteroatoms. The van der Waals surface area contributed by atoms with Crippen molar-refractivity contribution in [1.29, 1.82) is 0 Å². The molecule has 0 unspecified atom stereocenters. The van der Waals surface area contributed by atoms with Gasteiger partial charge in [-0.05, 0) is 44.0 Å². The van der Waals surface area contributed by atoms with Crippen LogP contribution in [0.25, 0.3) is 10.8 Å². The van der Waals surface area contributed by atoms with Crippen LogP contribution in [0.3, 0.4) is 0 Å². The number of esters is 2. The van der Waals surface area contributed by atoms with Gasteiger partial charge in [0, 0.05) is 17.6 Å². The Balaban J connectivity index is 2.06. The summed E-state index contributed by atoms with van der Waals surface area (Å²) >= 11 is 0. The minimum Gasteiger partial charge on any atom is -0.462 e. The van der Waals surface area contributed by atoms with Crippen molar-refractivity contribution in [2.45, 2.75) is 34.2 Å². The van der Waals surface area contributed by atoms with Crippen LogP contribution in [0, 0.1) is 5.92 Å². The average Bonchev–Trinajstić information content (AvgIpc) is 2.80. The van der Waals surface area contributed by atoms with Crippen molar-refractivity contribution in [2.24, 2.45) is 5.92 Å². The van der Waals surface area contributed by atoms with Gasteiger partial charge in [-0.15, -0.1) is 0 Å². The van der Waals surface area contributed by atoms with Crippen LogP contribution in [-0.4, -0.2) is 40.8 Å². The Hall–Kier alpha value is -4.01. The zero-order chi connectivity index (χ0) is 24.8. The minimum atomic E-state index is -0.641. The summed E-state index contributed by atoms with van der Waals surface area (Å²) in [6, 6.07) is 10.9. The molecule has 0 aliphatic carbocycles. The van der Waals surface area contributed by atoms with E-state index in [4.69, 9.17) is 9.47 Å². The molecular weight excluding hydrogens is 438 g/mol. The van der Waals surface area contributed by atoms with Crippen molar-refractivity contribution >= 4 is 34.3 Å². The molecule has 1 amide bonds. The van der Waals surface area contributed by atoms with E-state index in [1.54, 1.807) is 38.1 Å². The van der Waals surface area contributed by atoms with Gasteiger partial charge in [-0.25, -0.2) is 14.3 Å². The highest BCUT2D eigenvalue weighted by atomic mass is 16.5. The summed E-state index contributed by atoms with van der Waals surface area (Å²) in [7, 11) is 0. The van der Waals surface area contributed by atoms with Crippen LogP contribution in [0.4, 0.5) is 5.69 Å². The molecule has 3 rings (SSSR count). The molecular formula is C25H27N3O6. The summed E-state index contributed by atoms with van der Waals surface area (Å²) < 4.78 is 11.4. The van der Waals surface area contributed by atoms with E-state index in [2.05, 4.69) is 10.4 Å².